The second-order valence-electron chi connectivity index (χ2n) is 8.29. The quantitative estimate of drug-likeness (QED) is 0.191. The molecular formula is C27H23N7O2S. The number of fused-ring (bicyclic) bond motifs is 1. The van der Waals surface area contributed by atoms with E-state index in [1.54, 1.807) is 55.6 Å². The number of carbonyl (C=O) groups is 1. The summed E-state index contributed by atoms with van der Waals surface area (Å²) in [5, 5.41) is 7.50. The first-order chi connectivity index (χ1) is 17.9. The number of rotatable bonds is 6. The molecule has 5 aromatic rings. The highest BCUT2D eigenvalue weighted by Crippen LogP contribution is 2.27. The summed E-state index contributed by atoms with van der Waals surface area (Å²) in [5.74, 6) is -0.183. The molecule has 0 aliphatic heterocycles. The molecule has 0 saturated heterocycles. The minimum atomic E-state index is -1.52. The number of aromatic nitrogens is 3. The molecule has 5 rings (SSSR count). The van der Waals surface area contributed by atoms with E-state index in [0.29, 0.717) is 32.6 Å². The van der Waals surface area contributed by atoms with Crippen molar-refractivity contribution in [2.75, 3.05) is 22.1 Å². The Morgan fingerprint density at radius 1 is 0.865 bits per heavy atom. The number of hydrogen-bond acceptors (Lipinski definition) is 8. The predicted molar refractivity (Wildman–Crippen MR) is 146 cm³/mol. The van der Waals surface area contributed by atoms with Crippen LogP contribution in [-0.2, 0) is 10.8 Å². The third-order valence-electron chi connectivity index (χ3n) is 5.56. The number of benzene rings is 3. The first-order valence-corrected chi connectivity index (χ1v) is 12.5. The van der Waals surface area contributed by atoms with Gasteiger partial charge in [-0.3, -0.25) is 9.78 Å². The van der Waals surface area contributed by atoms with Gasteiger partial charge in [0, 0.05) is 50.5 Å². The van der Waals surface area contributed by atoms with E-state index in [0.717, 1.165) is 22.3 Å². The summed E-state index contributed by atoms with van der Waals surface area (Å²) >= 11 is 0. The van der Waals surface area contributed by atoms with E-state index in [2.05, 4.69) is 25.6 Å². The van der Waals surface area contributed by atoms with E-state index < -0.39 is 10.8 Å². The lowest BCUT2D eigenvalue weighted by Gasteiger charge is -2.11. The molecule has 10 heteroatoms. The Bertz CT molecular complexity index is 1620. The van der Waals surface area contributed by atoms with Crippen molar-refractivity contribution in [1.82, 2.24) is 15.0 Å². The van der Waals surface area contributed by atoms with Crippen LogP contribution in [0.5, 0.6) is 0 Å². The van der Waals surface area contributed by atoms with E-state index in [1.165, 1.54) is 0 Å². The maximum Gasteiger partial charge on any atom is 0.255 e. The first kappa shape index (κ1) is 23.9. The lowest BCUT2D eigenvalue weighted by atomic mass is 10.1. The molecule has 9 nitrogen and oxygen atoms in total. The van der Waals surface area contributed by atoms with Gasteiger partial charge in [0.1, 0.15) is 15.8 Å². The van der Waals surface area contributed by atoms with E-state index in [9.17, 15) is 9.00 Å². The third-order valence-corrected chi connectivity index (χ3v) is 6.85. The van der Waals surface area contributed by atoms with Gasteiger partial charge in [0.15, 0.2) is 0 Å². The summed E-state index contributed by atoms with van der Waals surface area (Å²) in [6.45, 7) is 1.76. The van der Waals surface area contributed by atoms with Crippen molar-refractivity contribution in [3.63, 3.8) is 0 Å². The van der Waals surface area contributed by atoms with E-state index in [-0.39, 0.29) is 11.9 Å². The smallest absolute Gasteiger partial charge is 0.255 e. The summed E-state index contributed by atoms with van der Waals surface area (Å²) in [4.78, 5) is 25.7. The van der Waals surface area contributed by atoms with Gasteiger partial charge in [0.2, 0.25) is 5.95 Å². The zero-order chi connectivity index (χ0) is 25.9. The SMILES string of the molecule is Cc1cc(S(=O)c2ccc(NC(=O)c3ccc(Nc4ccnc5cc(N)ccc45)cc3)cc2)nc(N)n1. The van der Waals surface area contributed by atoms with Crippen molar-refractivity contribution in [1.29, 1.82) is 0 Å². The maximum absolute atomic E-state index is 12.8. The Balaban J connectivity index is 1.25. The van der Waals surface area contributed by atoms with Gasteiger partial charge in [0.25, 0.3) is 5.91 Å². The van der Waals surface area contributed by atoms with E-state index in [4.69, 9.17) is 11.5 Å². The van der Waals surface area contributed by atoms with Crippen LogP contribution in [0, 0.1) is 6.92 Å². The van der Waals surface area contributed by atoms with Crippen LogP contribution < -0.4 is 22.1 Å². The molecule has 0 saturated carbocycles. The number of nitrogens with two attached hydrogens (primary N) is 2. The molecule has 37 heavy (non-hydrogen) atoms. The molecule has 1 atom stereocenters. The van der Waals surface area contributed by atoms with Crippen molar-refractivity contribution < 1.29 is 9.00 Å². The minimum absolute atomic E-state index is 0.0766. The second kappa shape index (κ2) is 10.0. The lowest BCUT2D eigenvalue weighted by Crippen LogP contribution is -2.11. The lowest BCUT2D eigenvalue weighted by molar-refractivity contribution is 0.102. The van der Waals surface area contributed by atoms with Crippen molar-refractivity contribution in [3.8, 4) is 0 Å². The Morgan fingerprint density at radius 2 is 1.59 bits per heavy atom. The second-order valence-corrected chi connectivity index (χ2v) is 9.72. The number of anilines is 5. The van der Waals surface area contributed by atoms with Crippen LogP contribution in [0.2, 0.25) is 0 Å². The fourth-order valence-electron chi connectivity index (χ4n) is 3.78. The summed E-state index contributed by atoms with van der Waals surface area (Å²) < 4.78 is 12.8. The molecule has 0 fully saturated rings. The largest absolute Gasteiger partial charge is 0.399 e. The molecule has 1 amide bonds. The van der Waals surface area contributed by atoms with Crippen LogP contribution in [0.3, 0.4) is 0 Å². The predicted octanol–water partition coefficient (Wildman–Crippen LogP) is 4.66. The van der Waals surface area contributed by atoms with Crippen LogP contribution in [0.4, 0.5) is 28.7 Å². The number of nitrogens with zero attached hydrogens (tertiary/aromatic N) is 3. The van der Waals surface area contributed by atoms with Crippen LogP contribution in [0.25, 0.3) is 10.9 Å². The Kier molecular flexibility index (Phi) is 6.48. The molecule has 0 bridgehead atoms. The fourth-order valence-corrected chi connectivity index (χ4v) is 4.86. The molecule has 6 N–H and O–H groups in total. The average molecular weight is 510 g/mol. The normalized spacial score (nSPS) is 11.7. The van der Waals surface area contributed by atoms with Gasteiger partial charge in [-0.05, 0) is 85.8 Å². The highest BCUT2D eigenvalue weighted by atomic mass is 32.2. The number of hydrogen-bond donors (Lipinski definition) is 4. The van der Waals surface area contributed by atoms with Crippen molar-refractivity contribution in [3.05, 3.63) is 96.3 Å². The van der Waals surface area contributed by atoms with Gasteiger partial charge in [-0.1, -0.05) is 0 Å². The highest BCUT2D eigenvalue weighted by molar-refractivity contribution is 7.85. The Morgan fingerprint density at radius 3 is 2.32 bits per heavy atom. The monoisotopic (exact) mass is 509 g/mol. The topological polar surface area (TPSA) is 149 Å². The summed E-state index contributed by atoms with van der Waals surface area (Å²) in [5.41, 5.74) is 16.4. The van der Waals surface area contributed by atoms with E-state index in [1.807, 2.05) is 36.4 Å². The molecule has 2 heterocycles. The Labute approximate surface area is 215 Å². The van der Waals surface area contributed by atoms with Gasteiger partial charge < -0.3 is 22.1 Å². The van der Waals surface area contributed by atoms with Crippen LogP contribution in [-0.4, -0.2) is 25.1 Å². The van der Waals surface area contributed by atoms with Crippen molar-refractivity contribution in [2.24, 2.45) is 0 Å². The number of pyridine rings is 1. The molecule has 0 aliphatic carbocycles. The van der Waals surface area contributed by atoms with Gasteiger partial charge in [-0.15, -0.1) is 0 Å². The fraction of sp³-hybridized carbons (Fsp3) is 0.0370. The molecule has 2 aromatic heterocycles. The number of aryl methyl sites for hydroxylation is 1. The maximum atomic E-state index is 12.8. The van der Waals surface area contributed by atoms with Crippen molar-refractivity contribution >= 4 is 56.3 Å². The Hall–Kier alpha value is -4.83. The average Bonchev–Trinajstić information content (AvgIpc) is 2.88. The molecule has 1 unspecified atom stereocenters. The zero-order valence-electron chi connectivity index (χ0n) is 19.8. The van der Waals surface area contributed by atoms with Gasteiger partial charge >= 0.3 is 0 Å². The number of nitrogens with one attached hydrogen (secondary N) is 2. The standard InChI is InChI=1S/C27H23N7O2S/c1-16-14-25(34-27(29)31-16)37(36)21-9-7-20(8-10-21)33-26(35)17-2-5-19(6-3-17)32-23-12-13-30-24-15-18(28)4-11-22(23)24/h2-15H,28H2,1H3,(H,30,32)(H,33,35)(H2,29,31,34). The summed E-state index contributed by atoms with van der Waals surface area (Å²) in [6, 6.07) is 23.0. The number of carbonyl (C=O) groups excluding carboxylic acids is 1. The minimum Gasteiger partial charge on any atom is -0.399 e. The molecule has 0 spiro atoms. The van der Waals surface area contributed by atoms with Crippen molar-refractivity contribution in [2.45, 2.75) is 16.8 Å². The molecule has 0 aliphatic rings. The summed E-state index contributed by atoms with van der Waals surface area (Å²) in [6.07, 6.45) is 1.72. The first-order valence-electron chi connectivity index (χ1n) is 11.3. The summed E-state index contributed by atoms with van der Waals surface area (Å²) in [7, 11) is -1.52. The van der Waals surface area contributed by atoms with Gasteiger partial charge in [-0.25, -0.2) is 14.2 Å². The third kappa shape index (κ3) is 5.39. The highest BCUT2D eigenvalue weighted by Gasteiger charge is 2.12. The molecule has 184 valence electrons. The molecule has 0 radical (unpaired) electrons. The number of amides is 1. The molecule has 3 aromatic carbocycles. The van der Waals surface area contributed by atoms with E-state index >= 15 is 0 Å². The van der Waals surface area contributed by atoms with Gasteiger partial charge in [0.05, 0.1) is 5.52 Å². The number of nitrogen functional groups attached to an aromatic ring is 2. The van der Waals surface area contributed by atoms with Crippen LogP contribution >= 0.6 is 0 Å². The molecular weight excluding hydrogens is 486 g/mol. The van der Waals surface area contributed by atoms with Gasteiger partial charge in [-0.2, -0.15) is 0 Å². The van der Waals surface area contributed by atoms with Crippen LogP contribution in [0.1, 0.15) is 16.1 Å². The van der Waals surface area contributed by atoms with Crippen LogP contribution in [0.15, 0.2) is 95.0 Å². The zero-order valence-corrected chi connectivity index (χ0v) is 20.6.